The summed E-state index contributed by atoms with van der Waals surface area (Å²) >= 11 is 7.17. The van der Waals surface area contributed by atoms with E-state index < -0.39 is 11.7 Å². The summed E-state index contributed by atoms with van der Waals surface area (Å²) in [5, 5.41) is 5.31. The SMILES string of the molecule is Cc1nc(-c2ccc(C(=O)Nc3ccc(F)c(Cl)c3)o2)cs1. The number of carbonyl (C=O) groups excluding carboxylic acids is 1. The van der Waals surface area contributed by atoms with E-state index in [1.807, 2.05) is 12.3 Å². The van der Waals surface area contributed by atoms with Crippen LogP contribution in [0.3, 0.4) is 0 Å². The van der Waals surface area contributed by atoms with E-state index in [2.05, 4.69) is 10.3 Å². The van der Waals surface area contributed by atoms with Gasteiger partial charge in [-0.3, -0.25) is 4.79 Å². The summed E-state index contributed by atoms with van der Waals surface area (Å²) < 4.78 is 18.6. The number of hydrogen-bond donors (Lipinski definition) is 1. The number of aryl methyl sites for hydroxylation is 1. The van der Waals surface area contributed by atoms with E-state index in [9.17, 15) is 9.18 Å². The molecular formula is C15H10ClFN2O2S. The van der Waals surface area contributed by atoms with Crippen LogP contribution in [0.15, 0.2) is 40.1 Å². The first-order valence-corrected chi connectivity index (χ1v) is 7.57. The summed E-state index contributed by atoms with van der Waals surface area (Å²) in [4.78, 5) is 16.4. The van der Waals surface area contributed by atoms with Gasteiger partial charge >= 0.3 is 0 Å². The fraction of sp³-hybridized carbons (Fsp3) is 0.0667. The number of carbonyl (C=O) groups is 1. The van der Waals surface area contributed by atoms with Crippen molar-refractivity contribution in [2.45, 2.75) is 6.92 Å². The van der Waals surface area contributed by atoms with Crippen LogP contribution in [0.4, 0.5) is 10.1 Å². The van der Waals surface area contributed by atoms with Crippen molar-refractivity contribution in [3.63, 3.8) is 0 Å². The molecule has 0 atom stereocenters. The Balaban J connectivity index is 1.78. The summed E-state index contributed by atoms with van der Waals surface area (Å²) in [6.07, 6.45) is 0. The maximum Gasteiger partial charge on any atom is 0.291 e. The van der Waals surface area contributed by atoms with Crippen molar-refractivity contribution < 1.29 is 13.6 Å². The number of thiazole rings is 1. The lowest BCUT2D eigenvalue weighted by molar-refractivity contribution is 0.0997. The van der Waals surface area contributed by atoms with E-state index >= 15 is 0 Å². The van der Waals surface area contributed by atoms with Crippen LogP contribution in [0, 0.1) is 12.7 Å². The van der Waals surface area contributed by atoms with Crippen LogP contribution in [0.1, 0.15) is 15.6 Å². The average Bonchev–Trinajstić information content (AvgIpc) is 3.11. The number of hydrogen-bond acceptors (Lipinski definition) is 4. The lowest BCUT2D eigenvalue weighted by Gasteiger charge is -2.04. The van der Waals surface area contributed by atoms with Crippen LogP contribution < -0.4 is 5.32 Å². The molecule has 0 aliphatic rings. The predicted octanol–water partition coefficient (Wildman–Crippen LogP) is 4.76. The van der Waals surface area contributed by atoms with Crippen LogP contribution in [0.2, 0.25) is 5.02 Å². The fourth-order valence-electron chi connectivity index (χ4n) is 1.84. The van der Waals surface area contributed by atoms with Crippen LogP contribution >= 0.6 is 22.9 Å². The third kappa shape index (κ3) is 3.03. The molecule has 0 unspecified atom stereocenters. The average molecular weight is 337 g/mol. The molecule has 1 aromatic carbocycles. The molecule has 0 radical (unpaired) electrons. The summed E-state index contributed by atoms with van der Waals surface area (Å²) in [5.41, 5.74) is 1.07. The number of halogens is 2. The third-order valence-electron chi connectivity index (χ3n) is 2.88. The molecule has 0 fully saturated rings. The van der Waals surface area contributed by atoms with Crippen molar-refractivity contribution in [2.75, 3.05) is 5.32 Å². The molecule has 2 aromatic heterocycles. The van der Waals surface area contributed by atoms with Gasteiger partial charge in [0.05, 0.1) is 10.0 Å². The first-order chi connectivity index (χ1) is 10.5. The molecule has 0 saturated heterocycles. The van der Waals surface area contributed by atoms with Crippen LogP contribution in [0.25, 0.3) is 11.5 Å². The van der Waals surface area contributed by atoms with Gasteiger partial charge in [0.2, 0.25) is 0 Å². The second-order valence-corrected chi connectivity index (χ2v) is 5.97. The standard InChI is InChI=1S/C15H10ClFN2O2S/c1-8-18-12(7-22-8)13-4-5-14(21-13)15(20)19-9-2-3-11(17)10(16)6-9/h2-7H,1H3,(H,19,20). The van der Waals surface area contributed by atoms with Gasteiger partial charge in [-0.25, -0.2) is 9.37 Å². The van der Waals surface area contributed by atoms with Gasteiger partial charge in [0.1, 0.15) is 11.5 Å². The van der Waals surface area contributed by atoms with E-state index in [4.69, 9.17) is 16.0 Å². The number of aromatic nitrogens is 1. The quantitative estimate of drug-likeness (QED) is 0.750. The van der Waals surface area contributed by atoms with Crippen LogP contribution in [-0.4, -0.2) is 10.9 Å². The largest absolute Gasteiger partial charge is 0.449 e. The summed E-state index contributed by atoms with van der Waals surface area (Å²) in [6.45, 7) is 1.89. The van der Waals surface area contributed by atoms with Crippen molar-refractivity contribution in [3.8, 4) is 11.5 Å². The Morgan fingerprint density at radius 1 is 1.36 bits per heavy atom. The highest BCUT2D eigenvalue weighted by atomic mass is 35.5. The van der Waals surface area contributed by atoms with Crippen molar-refractivity contribution in [1.29, 1.82) is 0 Å². The molecule has 1 N–H and O–H groups in total. The minimum absolute atomic E-state index is 0.0594. The Morgan fingerprint density at radius 3 is 2.86 bits per heavy atom. The van der Waals surface area contributed by atoms with Crippen LogP contribution in [-0.2, 0) is 0 Å². The number of nitrogens with one attached hydrogen (secondary N) is 1. The van der Waals surface area contributed by atoms with Gasteiger partial charge in [0.15, 0.2) is 11.5 Å². The van der Waals surface area contributed by atoms with Gasteiger partial charge in [-0.05, 0) is 37.3 Å². The predicted molar refractivity (Wildman–Crippen MR) is 83.9 cm³/mol. The highest BCUT2D eigenvalue weighted by Gasteiger charge is 2.14. The van der Waals surface area contributed by atoms with E-state index in [-0.39, 0.29) is 10.8 Å². The van der Waals surface area contributed by atoms with Crippen molar-refractivity contribution in [3.05, 3.63) is 57.3 Å². The molecule has 4 nitrogen and oxygen atoms in total. The zero-order valence-electron chi connectivity index (χ0n) is 11.4. The van der Waals surface area contributed by atoms with Crippen LogP contribution in [0.5, 0.6) is 0 Å². The summed E-state index contributed by atoms with van der Waals surface area (Å²) in [5.74, 6) is -0.326. The Morgan fingerprint density at radius 2 is 2.18 bits per heavy atom. The molecule has 0 saturated carbocycles. The normalized spacial score (nSPS) is 10.7. The van der Waals surface area contributed by atoms with E-state index in [1.54, 1.807) is 12.1 Å². The van der Waals surface area contributed by atoms with Gasteiger partial charge in [-0.2, -0.15) is 0 Å². The molecule has 0 aliphatic carbocycles. The van der Waals surface area contributed by atoms with Gasteiger partial charge in [-0.1, -0.05) is 11.6 Å². The molecule has 0 aliphatic heterocycles. The molecule has 1 amide bonds. The molecule has 22 heavy (non-hydrogen) atoms. The zero-order valence-corrected chi connectivity index (χ0v) is 13.0. The summed E-state index contributed by atoms with van der Waals surface area (Å²) in [6, 6.07) is 7.18. The van der Waals surface area contributed by atoms with E-state index in [0.29, 0.717) is 17.1 Å². The number of furan rings is 1. The Kier molecular flexibility index (Phi) is 3.96. The molecule has 3 rings (SSSR count). The molecule has 0 spiro atoms. The molecule has 2 heterocycles. The minimum atomic E-state index is -0.543. The number of anilines is 1. The van der Waals surface area contributed by atoms with E-state index in [1.165, 1.54) is 29.5 Å². The van der Waals surface area contributed by atoms with Crippen molar-refractivity contribution in [1.82, 2.24) is 4.98 Å². The van der Waals surface area contributed by atoms with E-state index in [0.717, 1.165) is 5.01 Å². The van der Waals surface area contributed by atoms with Gasteiger partial charge in [-0.15, -0.1) is 11.3 Å². The smallest absolute Gasteiger partial charge is 0.291 e. The van der Waals surface area contributed by atoms with Gasteiger partial charge in [0.25, 0.3) is 5.91 Å². The first-order valence-electron chi connectivity index (χ1n) is 6.31. The highest BCUT2D eigenvalue weighted by molar-refractivity contribution is 7.09. The Hall–Kier alpha value is -2.18. The molecule has 112 valence electrons. The summed E-state index contributed by atoms with van der Waals surface area (Å²) in [7, 11) is 0. The lowest BCUT2D eigenvalue weighted by atomic mass is 10.3. The number of amides is 1. The molecule has 0 bridgehead atoms. The zero-order chi connectivity index (χ0) is 15.7. The maximum absolute atomic E-state index is 13.1. The van der Waals surface area contributed by atoms with Gasteiger partial charge in [0, 0.05) is 11.1 Å². The third-order valence-corrected chi connectivity index (χ3v) is 3.94. The maximum atomic E-state index is 13.1. The topological polar surface area (TPSA) is 55.1 Å². The van der Waals surface area contributed by atoms with Gasteiger partial charge < -0.3 is 9.73 Å². The van der Waals surface area contributed by atoms with Crippen molar-refractivity contribution in [2.24, 2.45) is 0 Å². The Bertz CT molecular complexity index is 844. The molecular weight excluding hydrogens is 327 g/mol. The Labute approximate surface area is 134 Å². The second kappa shape index (κ2) is 5.90. The number of rotatable bonds is 3. The molecule has 7 heteroatoms. The monoisotopic (exact) mass is 336 g/mol. The minimum Gasteiger partial charge on any atom is -0.449 e. The second-order valence-electron chi connectivity index (χ2n) is 4.50. The molecule has 3 aromatic rings. The fourth-order valence-corrected chi connectivity index (χ4v) is 2.62. The lowest BCUT2D eigenvalue weighted by Crippen LogP contribution is -2.10. The number of benzene rings is 1. The number of nitrogens with zero attached hydrogens (tertiary/aromatic N) is 1. The first kappa shape index (κ1) is 14.7. The highest BCUT2D eigenvalue weighted by Crippen LogP contribution is 2.25. The van der Waals surface area contributed by atoms with Crippen molar-refractivity contribution >= 4 is 34.5 Å².